The van der Waals surface area contributed by atoms with Crippen LogP contribution in [0.4, 0.5) is 20.1 Å². The van der Waals surface area contributed by atoms with Gasteiger partial charge in [0.05, 0.1) is 0 Å². The van der Waals surface area contributed by atoms with Gasteiger partial charge in [-0.2, -0.15) is 0 Å². The second kappa shape index (κ2) is 18.6. The molecule has 0 unspecified atom stereocenters. The minimum atomic E-state index is -1.53. The number of thioether (sulfide) groups is 1. The molecule has 18 nitrogen and oxygen atoms in total. The summed E-state index contributed by atoms with van der Waals surface area (Å²) in [5.74, 6) is -4.34. The van der Waals surface area contributed by atoms with E-state index < -0.39 is 83.6 Å². The van der Waals surface area contributed by atoms with Gasteiger partial charge in [-0.1, -0.05) is 72.8 Å². The molecule has 0 aromatic heterocycles. The number of carbonyl (C=O) groups excluding carboxylic acids is 8. The lowest BCUT2D eigenvalue weighted by atomic mass is 10.00. The van der Waals surface area contributed by atoms with Crippen molar-refractivity contribution in [1.29, 1.82) is 0 Å². The number of primary amides is 1. The van der Waals surface area contributed by atoms with Crippen molar-refractivity contribution in [1.82, 2.24) is 25.3 Å². The quantitative estimate of drug-likeness (QED) is 0.0886. The minimum absolute atomic E-state index is 0.0754. The molecule has 3 aromatic carbocycles. The lowest BCUT2D eigenvalue weighted by Crippen LogP contribution is -2.71. The van der Waals surface area contributed by atoms with Gasteiger partial charge in [0.15, 0.2) is 6.10 Å². The number of nitrogens with zero attached hydrogens (tertiary/aromatic N) is 3. The van der Waals surface area contributed by atoms with Gasteiger partial charge in [-0.3, -0.25) is 34.3 Å². The fourth-order valence-corrected chi connectivity index (χ4v) is 8.10. The van der Waals surface area contributed by atoms with Crippen molar-refractivity contribution in [2.45, 2.75) is 56.9 Å². The van der Waals surface area contributed by atoms with Gasteiger partial charge in [0.1, 0.15) is 35.4 Å². The lowest BCUT2D eigenvalue weighted by molar-refractivity contribution is -0.155. The molecule has 6 rings (SSSR count). The first-order valence-corrected chi connectivity index (χ1v) is 20.3. The molecule has 19 heteroatoms. The predicted molar refractivity (Wildman–Crippen MR) is 220 cm³/mol. The Morgan fingerprint density at radius 1 is 0.852 bits per heavy atom. The van der Waals surface area contributed by atoms with E-state index in [1.54, 1.807) is 76.2 Å². The highest BCUT2D eigenvalue weighted by atomic mass is 32.2. The molecule has 61 heavy (non-hydrogen) atoms. The Balaban J connectivity index is 1.25. The first kappa shape index (κ1) is 43.7. The number of likely N-dealkylation sites (N-methyl/N-ethyl adjacent to an activating group) is 1. The molecule has 320 valence electrons. The summed E-state index contributed by atoms with van der Waals surface area (Å²) in [6.45, 7) is 6.60. The number of hydrogen-bond donors (Lipinski definition) is 4. The number of esters is 1. The maximum absolute atomic E-state index is 14.2. The van der Waals surface area contributed by atoms with Gasteiger partial charge >= 0.3 is 36.0 Å². The zero-order valence-corrected chi connectivity index (χ0v) is 34.6. The van der Waals surface area contributed by atoms with Crippen molar-refractivity contribution in [3.05, 3.63) is 113 Å². The van der Waals surface area contributed by atoms with Crippen LogP contribution in [0.5, 0.6) is 0 Å². The number of imide groups is 1. The number of ether oxygens (including phenoxy) is 3. The topological polar surface area (TPSA) is 236 Å². The standard InChI is InChI=1S/C42H45N7O11S/c1-5-47-20-21-48(36(53)35(47)52)40(56)46-29(24-16-18-28(19-17-24)44-41(57)60-42(2,3)4)33(50)45-30-34(51)49-31(27(22-58-39(43)55)23-61-37(30)49)38(54)59-32(25-12-8-6-9-13-25)26-14-10-7-11-15-26/h6-19,29-30,32,37H,5,20-23H2,1-4H3,(H2,43,55)(H,44,57)(H,45,50)(H,46,56)/t29-,30-,37-/m1/s1. The molecule has 3 aliphatic rings. The Kier molecular flexibility index (Phi) is 13.3. The molecule has 5 N–H and O–H groups in total. The van der Waals surface area contributed by atoms with Crippen molar-refractivity contribution in [3.8, 4) is 0 Å². The summed E-state index contributed by atoms with van der Waals surface area (Å²) in [4.78, 5) is 109. The molecular formula is C42H45N7O11S. The van der Waals surface area contributed by atoms with E-state index in [0.29, 0.717) is 21.7 Å². The number of carbonyl (C=O) groups is 8. The van der Waals surface area contributed by atoms with E-state index >= 15 is 0 Å². The Morgan fingerprint density at radius 2 is 1.48 bits per heavy atom. The predicted octanol–water partition coefficient (Wildman–Crippen LogP) is 3.56. The lowest BCUT2D eigenvalue weighted by Gasteiger charge is -2.50. The smallest absolute Gasteiger partial charge is 0.412 e. The van der Waals surface area contributed by atoms with Crippen LogP contribution in [0.3, 0.4) is 0 Å². The van der Waals surface area contributed by atoms with Crippen LogP contribution in [0.2, 0.25) is 0 Å². The van der Waals surface area contributed by atoms with Gasteiger partial charge < -0.3 is 35.5 Å². The summed E-state index contributed by atoms with van der Waals surface area (Å²) in [6.07, 6.45) is -2.71. The maximum atomic E-state index is 14.2. The van der Waals surface area contributed by atoms with E-state index in [4.69, 9.17) is 19.9 Å². The largest absolute Gasteiger partial charge is 0.448 e. The highest BCUT2D eigenvalue weighted by Gasteiger charge is 2.55. The van der Waals surface area contributed by atoms with Gasteiger partial charge in [-0.15, -0.1) is 11.8 Å². The maximum Gasteiger partial charge on any atom is 0.412 e. The van der Waals surface area contributed by atoms with Crippen molar-refractivity contribution in [2.24, 2.45) is 5.73 Å². The molecule has 3 aromatic rings. The molecule has 0 spiro atoms. The number of fused-ring (bicyclic) bond motifs is 1. The molecule has 2 fully saturated rings. The van der Waals surface area contributed by atoms with Crippen LogP contribution in [-0.2, 0) is 38.2 Å². The summed E-state index contributed by atoms with van der Waals surface area (Å²) in [6, 6.07) is 20.0. The van der Waals surface area contributed by atoms with Crippen molar-refractivity contribution in [2.75, 3.05) is 37.3 Å². The zero-order chi connectivity index (χ0) is 44.0. The molecule has 2 saturated heterocycles. The number of piperazine rings is 1. The van der Waals surface area contributed by atoms with Gasteiger partial charge in [-0.05, 0) is 56.5 Å². The Labute approximate surface area is 355 Å². The van der Waals surface area contributed by atoms with E-state index in [0.717, 1.165) is 4.90 Å². The second-order valence-corrected chi connectivity index (χ2v) is 16.1. The average Bonchev–Trinajstić information content (AvgIpc) is 3.23. The van der Waals surface area contributed by atoms with Gasteiger partial charge in [-0.25, -0.2) is 19.2 Å². The Morgan fingerprint density at radius 3 is 2.05 bits per heavy atom. The number of β-lactam (4-membered cyclic amide) rings is 1. The molecule has 3 atom stereocenters. The first-order chi connectivity index (χ1) is 29.1. The van der Waals surface area contributed by atoms with Crippen molar-refractivity contribution in [3.63, 3.8) is 0 Å². The van der Waals surface area contributed by atoms with E-state index in [1.165, 1.54) is 40.9 Å². The number of benzene rings is 3. The average molecular weight is 856 g/mol. The van der Waals surface area contributed by atoms with Crippen LogP contribution in [-0.4, -0.2) is 112 Å². The second-order valence-electron chi connectivity index (χ2n) is 15.0. The molecule has 8 amide bonds. The summed E-state index contributed by atoms with van der Waals surface area (Å²) >= 11 is 1.18. The zero-order valence-electron chi connectivity index (χ0n) is 33.7. The fraction of sp³-hybridized carbons (Fsp3) is 0.333. The molecule has 0 aliphatic carbocycles. The fourth-order valence-electron chi connectivity index (χ4n) is 6.78. The summed E-state index contributed by atoms with van der Waals surface area (Å²) < 4.78 is 16.4. The summed E-state index contributed by atoms with van der Waals surface area (Å²) in [5.41, 5.74) is 6.34. The van der Waals surface area contributed by atoms with Crippen LogP contribution in [0.1, 0.15) is 56.5 Å². The highest BCUT2D eigenvalue weighted by molar-refractivity contribution is 8.00. The van der Waals surface area contributed by atoms with Gasteiger partial charge in [0, 0.05) is 36.6 Å². The normalized spacial score (nSPS) is 18.1. The number of hydrogen-bond acceptors (Lipinski definition) is 12. The summed E-state index contributed by atoms with van der Waals surface area (Å²) in [5, 5.41) is 6.95. The van der Waals surface area contributed by atoms with Crippen LogP contribution in [0.25, 0.3) is 0 Å². The number of anilines is 1. The number of urea groups is 1. The SMILES string of the molecule is CCN1CCN(C(=O)N[C@@H](C(=O)N[C@@H]2C(=O)N3C(C(=O)OC(c4ccccc4)c4ccccc4)=C(COC(N)=O)CS[C@H]23)c2ccc(NC(=O)OC(C)(C)C)cc2)C(=O)C1=O. The molecule has 0 radical (unpaired) electrons. The molecule has 0 bridgehead atoms. The van der Waals surface area contributed by atoms with E-state index in [-0.39, 0.29) is 42.2 Å². The Bertz CT molecular complexity index is 2190. The van der Waals surface area contributed by atoms with Crippen LogP contribution < -0.4 is 21.7 Å². The third-order valence-electron chi connectivity index (χ3n) is 9.71. The number of rotatable bonds is 12. The minimum Gasteiger partial charge on any atom is -0.448 e. The van der Waals surface area contributed by atoms with Crippen molar-refractivity contribution < 1.29 is 52.6 Å². The van der Waals surface area contributed by atoms with E-state index in [1.807, 2.05) is 12.1 Å². The molecule has 0 saturated carbocycles. The first-order valence-electron chi connectivity index (χ1n) is 19.3. The third-order valence-corrected chi connectivity index (χ3v) is 11.1. The molecular weight excluding hydrogens is 811 g/mol. The highest BCUT2D eigenvalue weighted by Crippen LogP contribution is 2.42. The van der Waals surface area contributed by atoms with Crippen molar-refractivity contribution >= 4 is 65.3 Å². The number of amides is 8. The van der Waals surface area contributed by atoms with Gasteiger partial charge in [0.2, 0.25) is 5.91 Å². The van der Waals surface area contributed by atoms with E-state index in [2.05, 4.69) is 16.0 Å². The summed E-state index contributed by atoms with van der Waals surface area (Å²) in [7, 11) is 0. The molecule has 3 heterocycles. The Hall–Kier alpha value is -6.89. The van der Waals surface area contributed by atoms with Crippen LogP contribution in [0, 0.1) is 0 Å². The monoisotopic (exact) mass is 855 g/mol. The van der Waals surface area contributed by atoms with Crippen LogP contribution >= 0.6 is 11.8 Å². The van der Waals surface area contributed by atoms with E-state index in [9.17, 15) is 38.4 Å². The van der Waals surface area contributed by atoms with Crippen LogP contribution in [0.15, 0.2) is 96.2 Å². The number of nitrogens with one attached hydrogen (secondary N) is 3. The number of nitrogens with two attached hydrogens (primary N) is 1. The molecule has 3 aliphatic heterocycles. The van der Waals surface area contributed by atoms with Gasteiger partial charge in [0.25, 0.3) is 5.91 Å². The third kappa shape index (κ3) is 10.1.